The highest BCUT2D eigenvalue weighted by Gasteiger charge is 2.42. The highest BCUT2D eigenvalue weighted by Crippen LogP contribution is 2.46. The largest absolute Gasteiger partial charge is 0.374 e. The van der Waals surface area contributed by atoms with E-state index in [9.17, 15) is 14.4 Å². The molecule has 5 rings (SSSR count). The first-order chi connectivity index (χ1) is 17.9. The average molecular weight is 513 g/mol. The standard InChI is InChI=1S/C27H37FN6O3/c28-22-15-19(21-2-4-24(35)31-26(21)37)1-3-23(22)33-13-11-32(12-14-33)17-25(36)34-9-7-27(8-10-34)6-5-20(16-27)30-18-29/h1,3,15,18,20-21H,2,4-14,16-17H2,(H2,29,30)(H,31,35,37)/t20-,21?/m0/s1. The van der Waals surface area contributed by atoms with Gasteiger partial charge in [0.05, 0.1) is 24.5 Å². The van der Waals surface area contributed by atoms with E-state index in [-0.39, 0.29) is 30.0 Å². The number of nitrogens with zero attached hydrogens (tertiary/aromatic N) is 3. The summed E-state index contributed by atoms with van der Waals surface area (Å²) in [6, 6.07) is 5.33. The molecular weight excluding hydrogens is 475 g/mol. The summed E-state index contributed by atoms with van der Waals surface area (Å²) in [6.45, 7) is 4.65. The summed E-state index contributed by atoms with van der Waals surface area (Å²) < 4.78 is 15.0. The van der Waals surface area contributed by atoms with Gasteiger partial charge in [0.2, 0.25) is 17.7 Å². The van der Waals surface area contributed by atoms with Crippen LogP contribution in [0, 0.1) is 16.6 Å². The molecule has 1 saturated carbocycles. The molecule has 1 unspecified atom stereocenters. The van der Waals surface area contributed by atoms with Crippen LogP contribution in [0.1, 0.15) is 56.4 Å². The van der Waals surface area contributed by atoms with Crippen LogP contribution < -0.4 is 15.5 Å². The van der Waals surface area contributed by atoms with Crippen molar-refractivity contribution in [1.82, 2.24) is 20.4 Å². The number of imide groups is 1. The molecule has 200 valence electrons. The number of rotatable bonds is 6. The zero-order valence-corrected chi connectivity index (χ0v) is 21.3. The van der Waals surface area contributed by atoms with Gasteiger partial charge in [-0.3, -0.25) is 30.0 Å². The van der Waals surface area contributed by atoms with E-state index in [1.165, 1.54) is 18.8 Å². The maximum absolute atomic E-state index is 15.0. The fraction of sp³-hybridized carbons (Fsp3) is 0.630. The van der Waals surface area contributed by atoms with Crippen molar-refractivity contribution in [1.29, 1.82) is 5.41 Å². The monoisotopic (exact) mass is 512 g/mol. The Balaban J connectivity index is 1.09. The molecule has 1 spiro atoms. The minimum absolute atomic E-state index is 0.176. The molecule has 4 fully saturated rings. The summed E-state index contributed by atoms with van der Waals surface area (Å²) in [7, 11) is 0. The predicted molar refractivity (Wildman–Crippen MR) is 138 cm³/mol. The summed E-state index contributed by atoms with van der Waals surface area (Å²) in [6.07, 6.45) is 7.42. The smallest absolute Gasteiger partial charge is 0.236 e. The van der Waals surface area contributed by atoms with Crippen LogP contribution in [0.3, 0.4) is 0 Å². The number of hydrogen-bond acceptors (Lipinski definition) is 6. The quantitative estimate of drug-likeness (QED) is 0.305. The van der Waals surface area contributed by atoms with Gasteiger partial charge >= 0.3 is 0 Å². The van der Waals surface area contributed by atoms with Gasteiger partial charge in [-0.25, -0.2) is 4.39 Å². The van der Waals surface area contributed by atoms with E-state index in [1.54, 1.807) is 12.1 Å². The molecule has 0 radical (unpaired) electrons. The van der Waals surface area contributed by atoms with Gasteiger partial charge in [-0.15, -0.1) is 0 Å². The van der Waals surface area contributed by atoms with Crippen molar-refractivity contribution in [2.75, 3.05) is 50.7 Å². The van der Waals surface area contributed by atoms with Crippen LogP contribution in [-0.2, 0) is 14.4 Å². The molecule has 2 atom stereocenters. The second-order valence-electron chi connectivity index (χ2n) is 11.1. The van der Waals surface area contributed by atoms with Crippen LogP contribution in [0.5, 0.6) is 0 Å². The van der Waals surface area contributed by atoms with Crippen LogP contribution in [0.4, 0.5) is 10.1 Å². The zero-order chi connectivity index (χ0) is 26.0. The van der Waals surface area contributed by atoms with Crippen molar-refractivity contribution >= 4 is 29.7 Å². The first kappa shape index (κ1) is 25.6. The first-order valence-electron chi connectivity index (χ1n) is 13.5. The molecule has 3 heterocycles. The molecule has 1 aromatic carbocycles. The molecule has 0 bridgehead atoms. The van der Waals surface area contributed by atoms with Crippen molar-refractivity contribution in [3.05, 3.63) is 29.6 Å². The van der Waals surface area contributed by atoms with Crippen LogP contribution in [0.2, 0.25) is 0 Å². The van der Waals surface area contributed by atoms with E-state index in [4.69, 9.17) is 5.41 Å². The van der Waals surface area contributed by atoms with E-state index >= 15 is 4.39 Å². The van der Waals surface area contributed by atoms with Gasteiger partial charge in [0, 0.05) is 51.7 Å². The number of piperidine rings is 2. The van der Waals surface area contributed by atoms with Gasteiger partial charge in [0.15, 0.2) is 0 Å². The Hall–Kier alpha value is -3.01. The van der Waals surface area contributed by atoms with Crippen molar-refractivity contribution in [2.45, 2.75) is 56.9 Å². The number of anilines is 1. The lowest BCUT2D eigenvalue weighted by molar-refractivity contribution is -0.135. The highest BCUT2D eigenvalue weighted by molar-refractivity contribution is 6.00. The normalized spacial score (nSPS) is 26.3. The molecular formula is C27H37FN6O3. The number of amides is 3. The lowest BCUT2D eigenvalue weighted by Gasteiger charge is -2.41. The zero-order valence-electron chi connectivity index (χ0n) is 21.3. The highest BCUT2D eigenvalue weighted by atomic mass is 19.1. The van der Waals surface area contributed by atoms with Gasteiger partial charge in [-0.1, -0.05) is 6.07 Å². The van der Waals surface area contributed by atoms with Crippen molar-refractivity contribution in [2.24, 2.45) is 5.41 Å². The van der Waals surface area contributed by atoms with Crippen LogP contribution in [0.25, 0.3) is 0 Å². The SMILES string of the molecule is N=CN[C@H]1CCC2(CCN(C(=O)CN3CCN(c4ccc(C5CCC(=O)NC5=O)cc4F)CC3)CC2)C1. The van der Waals surface area contributed by atoms with Crippen LogP contribution in [-0.4, -0.2) is 85.7 Å². The molecule has 3 aliphatic heterocycles. The number of carbonyl (C=O) groups is 3. The Kier molecular flexibility index (Phi) is 7.46. The fourth-order valence-electron chi connectivity index (χ4n) is 6.60. The number of halogens is 1. The van der Waals surface area contributed by atoms with E-state index in [1.807, 2.05) is 9.80 Å². The number of piperazine rings is 1. The number of hydrogen-bond donors (Lipinski definition) is 3. The van der Waals surface area contributed by atoms with E-state index < -0.39 is 5.92 Å². The summed E-state index contributed by atoms with van der Waals surface area (Å²) in [5.74, 6) is -1.33. The lowest BCUT2D eigenvalue weighted by Crippen LogP contribution is -2.52. The van der Waals surface area contributed by atoms with Crippen LogP contribution in [0.15, 0.2) is 18.2 Å². The Bertz CT molecular complexity index is 1050. The summed E-state index contributed by atoms with van der Waals surface area (Å²) >= 11 is 0. The second kappa shape index (κ2) is 10.8. The Morgan fingerprint density at radius 1 is 1.11 bits per heavy atom. The number of benzene rings is 1. The number of nitrogens with one attached hydrogen (secondary N) is 3. The van der Waals surface area contributed by atoms with Gasteiger partial charge in [0.1, 0.15) is 5.82 Å². The van der Waals surface area contributed by atoms with Crippen molar-refractivity contribution in [3.63, 3.8) is 0 Å². The van der Waals surface area contributed by atoms with E-state index in [0.717, 1.165) is 38.8 Å². The molecule has 3 saturated heterocycles. The van der Waals surface area contributed by atoms with E-state index in [0.29, 0.717) is 61.9 Å². The van der Waals surface area contributed by atoms with Gasteiger partial charge in [-0.2, -0.15) is 0 Å². The molecule has 4 aliphatic rings. The third kappa shape index (κ3) is 5.63. The van der Waals surface area contributed by atoms with Crippen molar-refractivity contribution in [3.8, 4) is 0 Å². The molecule has 1 aromatic rings. The minimum atomic E-state index is -0.498. The number of carbonyl (C=O) groups excluding carboxylic acids is 3. The molecule has 9 nitrogen and oxygen atoms in total. The molecule has 0 aromatic heterocycles. The molecule has 1 aliphatic carbocycles. The first-order valence-corrected chi connectivity index (χ1v) is 13.5. The Morgan fingerprint density at radius 2 is 1.86 bits per heavy atom. The van der Waals surface area contributed by atoms with Gasteiger partial charge in [-0.05, 0) is 61.6 Å². The third-order valence-electron chi connectivity index (χ3n) is 8.88. The number of likely N-dealkylation sites (tertiary alicyclic amines) is 1. The summed E-state index contributed by atoms with van der Waals surface area (Å²) in [4.78, 5) is 42.7. The Morgan fingerprint density at radius 3 is 2.54 bits per heavy atom. The maximum atomic E-state index is 15.0. The molecule has 3 N–H and O–H groups in total. The topological polar surface area (TPSA) is 109 Å². The summed E-state index contributed by atoms with van der Waals surface area (Å²) in [5.41, 5.74) is 1.43. The third-order valence-corrected chi connectivity index (χ3v) is 8.88. The summed E-state index contributed by atoms with van der Waals surface area (Å²) in [5, 5.41) is 12.7. The molecule has 3 amide bonds. The molecule has 37 heavy (non-hydrogen) atoms. The predicted octanol–water partition coefficient (Wildman–Crippen LogP) is 1.83. The average Bonchev–Trinajstić information content (AvgIpc) is 3.27. The van der Waals surface area contributed by atoms with Crippen LogP contribution >= 0.6 is 0 Å². The van der Waals surface area contributed by atoms with Crippen molar-refractivity contribution < 1.29 is 18.8 Å². The van der Waals surface area contributed by atoms with E-state index in [2.05, 4.69) is 15.5 Å². The molecule has 10 heteroatoms. The van der Waals surface area contributed by atoms with Gasteiger partial charge < -0.3 is 15.1 Å². The van der Waals surface area contributed by atoms with Gasteiger partial charge in [0.25, 0.3) is 0 Å². The maximum Gasteiger partial charge on any atom is 0.236 e. The minimum Gasteiger partial charge on any atom is -0.374 e. The lowest BCUT2D eigenvalue weighted by atomic mass is 9.77. The Labute approximate surface area is 217 Å². The fourth-order valence-corrected chi connectivity index (χ4v) is 6.60. The second-order valence-corrected chi connectivity index (χ2v) is 11.1.